The molecule has 1 aromatic heterocycles. The topological polar surface area (TPSA) is 58.0 Å². The summed E-state index contributed by atoms with van der Waals surface area (Å²) in [7, 11) is 1.77. The molecule has 0 spiro atoms. The van der Waals surface area contributed by atoms with Gasteiger partial charge < -0.3 is 4.55 Å². The molecule has 1 rings (SSSR count). The van der Waals surface area contributed by atoms with Crippen LogP contribution >= 0.6 is 0 Å². The van der Waals surface area contributed by atoms with Crippen LogP contribution in [-0.4, -0.2) is 18.5 Å². The fourth-order valence-corrected chi connectivity index (χ4v) is 2.26. The summed E-state index contributed by atoms with van der Waals surface area (Å²) in [5.41, 5.74) is 1.44. The number of nitrogens with zero attached hydrogens (tertiary/aromatic N) is 2. The minimum Gasteiger partial charge on any atom is -0.768 e. The Kier molecular flexibility index (Phi) is 6.16. The summed E-state index contributed by atoms with van der Waals surface area (Å²) in [6, 6.07) is 0. The first-order valence-corrected chi connectivity index (χ1v) is 5.33. The normalized spacial score (nSPS) is 12.3. The molecule has 0 aromatic carbocycles. The van der Waals surface area contributed by atoms with E-state index in [0.717, 1.165) is 5.69 Å². The third-order valence-corrected chi connectivity index (χ3v) is 2.83. The maximum absolute atomic E-state index is 10.9. The Morgan fingerprint density at radius 2 is 2.00 bits per heavy atom. The van der Waals surface area contributed by atoms with Crippen molar-refractivity contribution in [3.63, 3.8) is 0 Å². The van der Waals surface area contributed by atoms with Crippen LogP contribution in [0.4, 0.5) is 0 Å². The second-order valence-electron chi connectivity index (χ2n) is 2.79. The summed E-state index contributed by atoms with van der Waals surface area (Å²) in [6.45, 7) is 3.82. The minimum absolute atomic E-state index is 0. The molecule has 1 unspecified atom stereocenters. The van der Waals surface area contributed by atoms with Crippen LogP contribution in [0.25, 0.3) is 0 Å². The minimum atomic E-state index is -2.16. The van der Waals surface area contributed by atoms with Crippen molar-refractivity contribution < 1.29 is 38.3 Å². The van der Waals surface area contributed by atoms with Gasteiger partial charge in [0.15, 0.2) is 0 Å². The van der Waals surface area contributed by atoms with Crippen LogP contribution in [0.2, 0.25) is 0 Å². The molecule has 0 aliphatic carbocycles. The van der Waals surface area contributed by atoms with Crippen LogP contribution in [0.5, 0.6) is 0 Å². The molecule has 6 heteroatoms. The van der Waals surface area contributed by atoms with Crippen molar-refractivity contribution in [3.05, 3.63) is 11.4 Å². The third-order valence-electron chi connectivity index (χ3n) is 2.02. The average molecular weight is 224 g/mol. The van der Waals surface area contributed by atoms with Crippen molar-refractivity contribution in [1.29, 1.82) is 0 Å². The fourth-order valence-electron chi connectivity index (χ4n) is 1.41. The van der Waals surface area contributed by atoms with E-state index in [-0.39, 0.29) is 29.6 Å². The second kappa shape index (κ2) is 6.02. The van der Waals surface area contributed by atoms with E-state index in [0.29, 0.717) is 23.4 Å². The van der Waals surface area contributed by atoms with E-state index in [9.17, 15) is 8.76 Å². The molecule has 1 atom stereocenters. The molecule has 74 valence electrons. The summed E-state index contributed by atoms with van der Waals surface area (Å²) in [5.74, 6) is 0. The van der Waals surface area contributed by atoms with Crippen LogP contribution in [0.3, 0.4) is 0 Å². The van der Waals surface area contributed by atoms with E-state index in [1.165, 1.54) is 0 Å². The molecule has 0 fully saturated rings. The summed E-state index contributed by atoms with van der Waals surface area (Å²) in [4.78, 5) is 0.382. The number of hydrogen-bond donors (Lipinski definition) is 0. The van der Waals surface area contributed by atoms with Gasteiger partial charge in [-0.05, 0) is 23.9 Å². The second-order valence-corrected chi connectivity index (χ2v) is 3.67. The smallest absolute Gasteiger partial charge is 0.768 e. The standard InChI is InChI=1S/C8H14N2O2S.Na/c1-4-6-8(13(11)12)7(5-2)10(3)9-6;/h4-5H2,1-3H3,(H,11,12);/q;+1/p-1. The zero-order chi connectivity index (χ0) is 10.0. The molecule has 1 aromatic rings. The molecule has 0 bridgehead atoms. The number of hydrogen-bond acceptors (Lipinski definition) is 3. The molecule has 14 heavy (non-hydrogen) atoms. The van der Waals surface area contributed by atoms with E-state index in [2.05, 4.69) is 5.10 Å². The van der Waals surface area contributed by atoms with Crippen molar-refractivity contribution in [1.82, 2.24) is 9.78 Å². The quantitative estimate of drug-likeness (QED) is 0.432. The van der Waals surface area contributed by atoms with Gasteiger partial charge in [0, 0.05) is 7.05 Å². The van der Waals surface area contributed by atoms with Gasteiger partial charge in [0.05, 0.1) is 16.3 Å². The summed E-state index contributed by atoms with van der Waals surface area (Å²) < 4.78 is 23.5. The monoisotopic (exact) mass is 224 g/mol. The summed E-state index contributed by atoms with van der Waals surface area (Å²) >= 11 is -2.16. The number of aromatic nitrogens is 2. The average Bonchev–Trinajstić information content (AvgIpc) is 2.41. The van der Waals surface area contributed by atoms with Gasteiger partial charge in [-0.15, -0.1) is 0 Å². The molecule has 0 saturated carbocycles. The van der Waals surface area contributed by atoms with Crippen LogP contribution in [-0.2, 0) is 31.0 Å². The third kappa shape index (κ3) is 2.67. The van der Waals surface area contributed by atoms with Crippen molar-refractivity contribution in [2.24, 2.45) is 7.05 Å². The SMILES string of the molecule is CCc1nn(C)c(CC)c1S(=O)[O-].[Na+]. The van der Waals surface area contributed by atoms with Gasteiger partial charge in [-0.2, -0.15) is 5.10 Å². The van der Waals surface area contributed by atoms with Crippen LogP contribution in [0.15, 0.2) is 4.90 Å². The molecule has 0 radical (unpaired) electrons. The fraction of sp³-hybridized carbons (Fsp3) is 0.625. The van der Waals surface area contributed by atoms with Crippen molar-refractivity contribution in [2.75, 3.05) is 0 Å². The van der Waals surface area contributed by atoms with E-state index in [1.807, 2.05) is 13.8 Å². The Bertz CT molecular complexity index is 338. The van der Waals surface area contributed by atoms with Gasteiger partial charge in [0.2, 0.25) is 0 Å². The molecule has 0 saturated heterocycles. The Balaban J connectivity index is 0.00000169. The van der Waals surface area contributed by atoms with Crippen molar-refractivity contribution in [3.8, 4) is 0 Å². The number of aryl methyl sites for hydroxylation is 2. The van der Waals surface area contributed by atoms with E-state index >= 15 is 0 Å². The molecule has 0 aliphatic rings. The predicted octanol–water partition coefficient (Wildman–Crippen LogP) is -2.21. The Labute approximate surface area is 109 Å². The van der Waals surface area contributed by atoms with Crippen molar-refractivity contribution in [2.45, 2.75) is 31.6 Å². The molecule has 0 N–H and O–H groups in total. The Morgan fingerprint density at radius 1 is 1.43 bits per heavy atom. The van der Waals surface area contributed by atoms with Gasteiger partial charge in [-0.25, -0.2) is 0 Å². The zero-order valence-electron chi connectivity index (χ0n) is 9.03. The molecular formula is C8H13N2NaO2S. The zero-order valence-corrected chi connectivity index (χ0v) is 11.8. The molecule has 0 amide bonds. The molecule has 0 aliphatic heterocycles. The van der Waals surface area contributed by atoms with Crippen LogP contribution < -0.4 is 29.6 Å². The first kappa shape index (κ1) is 14.3. The molecular weight excluding hydrogens is 211 g/mol. The van der Waals surface area contributed by atoms with Gasteiger partial charge in [-0.1, -0.05) is 13.8 Å². The van der Waals surface area contributed by atoms with E-state index in [4.69, 9.17) is 0 Å². The maximum atomic E-state index is 10.9. The first-order valence-electron chi connectivity index (χ1n) is 4.25. The maximum Gasteiger partial charge on any atom is 1.00 e. The molecule has 1 heterocycles. The largest absolute Gasteiger partial charge is 1.00 e. The first-order chi connectivity index (χ1) is 6.11. The summed E-state index contributed by atoms with van der Waals surface area (Å²) in [6.07, 6.45) is 1.34. The summed E-state index contributed by atoms with van der Waals surface area (Å²) in [5, 5.41) is 4.14. The Hall–Kier alpha value is 0.320. The molecule has 4 nitrogen and oxygen atoms in total. The number of rotatable bonds is 3. The van der Waals surface area contributed by atoms with E-state index < -0.39 is 11.1 Å². The van der Waals surface area contributed by atoms with Gasteiger partial charge in [0.1, 0.15) is 0 Å². The van der Waals surface area contributed by atoms with Crippen LogP contribution in [0, 0.1) is 0 Å². The van der Waals surface area contributed by atoms with Crippen LogP contribution in [0.1, 0.15) is 25.2 Å². The van der Waals surface area contributed by atoms with Gasteiger partial charge in [0.25, 0.3) is 0 Å². The Morgan fingerprint density at radius 3 is 2.36 bits per heavy atom. The van der Waals surface area contributed by atoms with Crippen molar-refractivity contribution >= 4 is 11.1 Å². The van der Waals surface area contributed by atoms with Gasteiger partial charge >= 0.3 is 29.6 Å². The van der Waals surface area contributed by atoms with E-state index in [1.54, 1.807) is 11.7 Å². The van der Waals surface area contributed by atoms with Gasteiger partial charge in [-0.3, -0.25) is 8.89 Å². The predicted molar refractivity (Wildman–Crippen MR) is 49.1 cm³/mol.